The minimum absolute atomic E-state index is 0.00181. The summed E-state index contributed by atoms with van der Waals surface area (Å²) in [5, 5.41) is 10.7. The van der Waals surface area contributed by atoms with Crippen molar-refractivity contribution in [3.8, 4) is 5.75 Å². The molecule has 0 unspecified atom stereocenters. The molecule has 2 saturated heterocycles. The van der Waals surface area contributed by atoms with Gasteiger partial charge in [-0.2, -0.15) is 15.4 Å². The van der Waals surface area contributed by atoms with Gasteiger partial charge in [0.1, 0.15) is 17.1 Å². The average molecular weight is 378 g/mol. The van der Waals surface area contributed by atoms with Gasteiger partial charge in [0.05, 0.1) is 6.54 Å². The van der Waals surface area contributed by atoms with E-state index < -0.39 is 0 Å². The first kappa shape index (κ1) is 17.0. The molecule has 0 saturated carbocycles. The Morgan fingerprint density at radius 2 is 1.96 bits per heavy atom. The third kappa shape index (κ3) is 3.15. The van der Waals surface area contributed by atoms with Crippen molar-refractivity contribution in [1.82, 2.24) is 25.3 Å². The first-order valence-electron chi connectivity index (χ1n) is 9.74. The van der Waals surface area contributed by atoms with Crippen LogP contribution in [0.2, 0.25) is 0 Å². The summed E-state index contributed by atoms with van der Waals surface area (Å²) < 4.78 is 6.27. The van der Waals surface area contributed by atoms with Gasteiger partial charge >= 0.3 is 0 Å². The maximum absolute atomic E-state index is 12.9. The van der Waals surface area contributed by atoms with E-state index >= 15 is 0 Å². The topological polar surface area (TPSA) is 87.2 Å². The van der Waals surface area contributed by atoms with Crippen LogP contribution in [0.3, 0.4) is 0 Å². The highest BCUT2D eigenvalue weighted by Crippen LogP contribution is 2.30. The van der Waals surface area contributed by atoms with Crippen LogP contribution < -0.4 is 9.64 Å². The van der Waals surface area contributed by atoms with E-state index in [2.05, 4.69) is 25.3 Å². The third-order valence-electron chi connectivity index (χ3n) is 5.45. The molecule has 2 aliphatic heterocycles. The predicted octanol–water partition coefficient (Wildman–Crippen LogP) is 2.25. The fourth-order valence-corrected chi connectivity index (χ4v) is 3.98. The summed E-state index contributed by atoms with van der Waals surface area (Å²) in [4.78, 5) is 21.5. The van der Waals surface area contributed by atoms with Crippen molar-refractivity contribution in [2.24, 2.45) is 0 Å². The highest BCUT2D eigenvalue weighted by atomic mass is 16.5. The van der Waals surface area contributed by atoms with Gasteiger partial charge in [-0.1, -0.05) is 0 Å². The molecule has 1 amide bonds. The molecule has 144 valence electrons. The van der Waals surface area contributed by atoms with Crippen molar-refractivity contribution >= 4 is 22.8 Å². The molecular weight excluding hydrogens is 356 g/mol. The second kappa shape index (κ2) is 7.10. The largest absolute Gasteiger partial charge is 0.485 e. The molecule has 28 heavy (non-hydrogen) atoms. The average Bonchev–Trinajstić information content (AvgIpc) is 3.48. The van der Waals surface area contributed by atoms with Crippen molar-refractivity contribution in [3.63, 3.8) is 0 Å². The van der Waals surface area contributed by atoms with Gasteiger partial charge < -0.3 is 14.5 Å². The first-order valence-corrected chi connectivity index (χ1v) is 9.74. The zero-order valence-electron chi connectivity index (χ0n) is 15.5. The number of pyridine rings is 1. The first-order chi connectivity index (χ1) is 13.8. The van der Waals surface area contributed by atoms with Gasteiger partial charge in [-0.15, -0.1) is 0 Å². The summed E-state index contributed by atoms with van der Waals surface area (Å²) in [6.45, 7) is 3.30. The normalized spacial score (nSPS) is 19.5. The Morgan fingerprint density at radius 3 is 2.86 bits per heavy atom. The number of likely N-dealkylation sites (tertiary alicyclic amines) is 1. The molecule has 5 rings (SSSR count). The number of carbonyl (C=O) groups excluding carboxylic acids is 1. The predicted molar refractivity (Wildman–Crippen MR) is 105 cm³/mol. The van der Waals surface area contributed by atoms with Crippen molar-refractivity contribution in [1.29, 1.82) is 0 Å². The quantitative estimate of drug-likeness (QED) is 0.749. The molecule has 0 radical (unpaired) electrons. The second-order valence-corrected chi connectivity index (χ2v) is 7.33. The highest BCUT2D eigenvalue weighted by Gasteiger charge is 2.30. The Kier molecular flexibility index (Phi) is 4.31. The van der Waals surface area contributed by atoms with E-state index in [9.17, 15) is 4.79 Å². The molecule has 8 nitrogen and oxygen atoms in total. The molecule has 0 aliphatic carbocycles. The fourth-order valence-electron chi connectivity index (χ4n) is 3.98. The van der Waals surface area contributed by atoms with Gasteiger partial charge in [-0.05, 0) is 43.2 Å². The molecule has 1 aromatic carbocycles. The van der Waals surface area contributed by atoms with E-state index in [4.69, 9.17) is 4.74 Å². The lowest BCUT2D eigenvalue weighted by atomic mass is 10.2. The van der Waals surface area contributed by atoms with Crippen molar-refractivity contribution < 1.29 is 9.53 Å². The lowest BCUT2D eigenvalue weighted by Crippen LogP contribution is -2.31. The molecule has 2 aliphatic rings. The molecule has 8 heteroatoms. The number of benzene rings is 1. The number of nitrogens with zero attached hydrogens (tertiary/aromatic N) is 5. The summed E-state index contributed by atoms with van der Waals surface area (Å²) >= 11 is 0. The smallest absolute Gasteiger partial charge is 0.254 e. The Labute approximate surface area is 162 Å². The van der Waals surface area contributed by atoms with Crippen LogP contribution in [0, 0.1) is 0 Å². The van der Waals surface area contributed by atoms with Gasteiger partial charge in [0, 0.05) is 37.8 Å². The molecule has 2 fully saturated rings. The van der Waals surface area contributed by atoms with Crippen LogP contribution in [0.25, 0.3) is 11.0 Å². The SMILES string of the molecule is O=C(c1ccc2n[nH]nc2c1)N1CC[C@H](Oc2cccnc2N2CCCC2)C1. The summed E-state index contributed by atoms with van der Waals surface area (Å²) in [5.74, 6) is 1.73. The standard InChI is InChI=1S/C20H22N6O2/c27-20(14-5-6-16-17(12-14)23-24-22-16)26-11-7-15(13-26)28-18-4-3-8-21-19(18)25-9-1-2-10-25/h3-6,8,12,15H,1-2,7,9-11,13H2,(H,22,23,24)/t15-/m0/s1. The number of aromatic nitrogens is 4. The van der Waals surface area contributed by atoms with Gasteiger partial charge in [-0.3, -0.25) is 4.79 Å². The van der Waals surface area contributed by atoms with Gasteiger partial charge in [0.25, 0.3) is 5.91 Å². The van der Waals surface area contributed by atoms with Crippen LogP contribution in [-0.4, -0.2) is 63.5 Å². The molecule has 4 heterocycles. The number of hydrogen-bond acceptors (Lipinski definition) is 6. The van der Waals surface area contributed by atoms with Gasteiger partial charge in [0.15, 0.2) is 11.6 Å². The van der Waals surface area contributed by atoms with Crippen LogP contribution >= 0.6 is 0 Å². The zero-order valence-corrected chi connectivity index (χ0v) is 15.5. The van der Waals surface area contributed by atoms with Crippen molar-refractivity contribution in [3.05, 3.63) is 42.1 Å². The number of hydrogen-bond donors (Lipinski definition) is 1. The van der Waals surface area contributed by atoms with E-state index in [0.717, 1.165) is 36.6 Å². The molecule has 1 atom stereocenters. The fraction of sp³-hybridized carbons (Fsp3) is 0.400. The highest BCUT2D eigenvalue weighted by molar-refractivity contribution is 5.97. The number of carbonyl (C=O) groups is 1. The third-order valence-corrected chi connectivity index (χ3v) is 5.45. The van der Waals surface area contributed by atoms with Crippen molar-refractivity contribution in [2.75, 3.05) is 31.1 Å². The molecular formula is C20H22N6O2. The van der Waals surface area contributed by atoms with Crippen LogP contribution in [0.1, 0.15) is 29.6 Å². The lowest BCUT2D eigenvalue weighted by Gasteiger charge is -2.22. The summed E-state index contributed by atoms with van der Waals surface area (Å²) in [6.07, 6.45) is 4.98. The van der Waals surface area contributed by atoms with E-state index in [-0.39, 0.29) is 12.0 Å². The van der Waals surface area contributed by atoms with E-state index in [1.807, 2.05) is 29.3 Å². The zero-order chi connectivity index (χ0) is 18.9. The number of fused-ring (bicyclic) bond motifs is 1. The van der Waals surface area contributed by atoms with Crippen LogP contribution in [0.5, 0.6) is 5.75 Å². The number of ether oxygens (including phenoxy) is 1. The minimum Gasteiger partial charge on any atom is -0.485 e. The van der Waals surface area contributed by atoms with E-state index in [1.165, 1.54) is 12.8 Å². The van der Waals surface area contributed by atoms with Crippen molar-refractivity contribution in [2.45, 2.75) is 25.4 Å². The van der Waals surface area contributed by atoms with Crippen LogP contribution in [-0.2, 0) is 0 Å². The molecule has 1 N–H and O–H groups in total. The van der Waals surface area contributed by atoms with Gasteiger partial charge in [0.2, 0.25) is 0 Å². The molecule has 0 bridgehead atoms. The maximum atomic E-state index is 12.9. The number of amides is 1. The maximum Gasteiger partial charge on any atom is 0.254 e. The summed E-state index contributed by atoms with van der Waals surface area (Å²) in [6, 6.07) is 9.27. The number of H-pyrrole nitrogens is 1. The van der Waals surface area contributed by atoms with E-state index in [1.54, 1.807) is 12.1 Å². The Balaban J connectivity index is 1.28. The Hall–Kier alpha value is -3.16. The number of anilines is 1. The monoisotopic (exact) mass is 378 g/mol. The van der Waals surface area contributed by atoms with E-state index in [0.29, 0.717) is 24.2 Å². The number of aromatic amines is 1. The lowest BCUT2D eigenvalue weighted by molar-refractivity contribution is 0.0772. The molecule has 0 spiro atoms. The minimum atomic E-state index is -0.0229. The Morgan fingerprint density at radius 1 is 1.11 bits per heavy atom. The van der Waals surface area contributed by atoms with Crippen LogP contribution in [0.15, 0.2) is 36.5 Å². The Bertz CT molecular complexity index is 997. The second-order valence-electron chi connectivity index (χ2n) is 7.33. The van der Waals surface area contributed by atoms with Gasteiger partial charge in [-0.25, -0.2) is 4.98 Å². The number of rotatable bonds is 4. The molecule has 2 aromatic heterocycles. The summed E-state index contributed by atoms with van der Waals surface area (Å²) in [7, 11) is 0. The summed E-state index contributed by atoms with van der Waals surface area (Å²) in [5.41, 5.74) is 2.08. The van der Waals surface area contributed by atoms with Crippen LogP contribution in [0.4, 0.5) is 5.82 Å². The number of nitrogens with one attached hydrogen (secondary N) is 1. The molecule has 3 aromatic rings.